The Morgan fingerprint density at radius 3 is 2.36 bits per heavy atom. The molecule has 5 atom stereocenters. The standard InChI is InChI=1S/C47H49N3O7Si/c1-29-44(58(4,5)36-20-17-34(55-2)18-21-36)41(26-42(52)48-23-9-14-33(48)28-51)57-47(29)38-25-35(56-3)19-22-39(38)49(46(47)54)27-30-10-6-13-32(24-30)50-40-16-8-12-31-11-7-15-37(43(31)40)45(50)53/h6-8,10-13,15-22,24-25,29,33,41,44,51H,9,14,23,26-28H2,1-5H3/t29-,33-,41+,44-,47+/m0/s1. The van der Waals surface area contributed by atoms with Gasteiger partial charge in [0.25, 0.3) is 11.8 Å². The molecular weight excluding hydrogens is 747 g/mol. The van der Waals surface area contributed by atoms with Gasteiger partial charge in [-0.1, -0.05) is 73.7 Å². The summed E-state index contributed by atoms with van der Waals surface area (Å²) in [5.41, 5.74) is 3.01. The fourth-order valence-electron chi connectivity index (χ4n) is 10.6. The molecule has 9 rings (SSSR count). The number of carbonyl (C=O) groups excluding carboxylic acids is 3. The van der Waals surface area contributed by atoms with E-state index in [0.29, 0.717) is 17.9 Å². The Balaban J connectivity index is 1.10. The van der Waals surface area contributed by atoms with E-state index < -0.39 is 19.8 Å². The van der Waals surface area contributed by atoms with Crippen LogP contribution in [0.4, 0.5) is 17.1 Å². The van der Waals surface area contributed by atoms with Gasteiger partial charge < -0.3 is 29.1 Å². The number of carbonyl (C=O) groups is 3. The molecule has 298 valence electrons. The third kappa shape index (κ3) is 5.77. The lowest BCUT2D eigenvalue weighted by Gasteiger charge is -2.37. The molecule has 0 aromatic heterocycles. The van der Waals surface area contributed by atoms with Crippen molar-refractivity contribution in [1.29, 1.82) is 0 Å². The molecule has 2 saturated heterocycles. The van der Waals surface area contributed by atoms with Crippen LogP contribution >= 0.6 is 0 Å². The lowest BCUT2D eigenvalue weighted by molar-refractivity contribution is -0.150. The molecule has 0 bridgehead atoms. The van der Waals surface area contributed by atoms with E-state index in [4.69, 9.17) is 14.2 Å². The second kappa shape index (κ2) is 14.4. The molecule has 0 aliphatic carbocycles. The highest BCUT2D eigenvalue weighted by Crippen LogP contribution is 2.60. The number of likely N-dealkylation sites (tertiary alicyclic amines) is 1. The number of ether oxygens (including phenoxy) is 3. The van der Waals surface area contributed by atoms with Gasteiger partial charge in [-0.25, -0.2) is 0 Å². The van der Waals surface area contributed by atoms with Crippen LogP contribution < -0.4 is 24.5 Å². The van der Waals surface area contributed by atoms with E-state index in [1.165, 1.54) is 5.19 Å². The number of aliphatic hydroxyl groups excluding tert-OH is 1. The third-order valence-corrected chi connectivity index (χ3v) is 17.8. The molecule has 10 nitrogen and oxygen atoms in total. The Morgan fingerprint density at radius 1 is 0.897 bits per heavy atom. The van der Waals surface area contributed by atoms with Gasteiger partial charge in [0, 0.05) is 29.1 Å². The summed E-state index contributed by atoms with van der Waals surface area (Å²) < 4.78 is 18.5. The Kier molecular flexibility index (Phi) is 9.45. The Bertz CT molecular complexity index is 2450. The summed E-state index contributed by atoms with van der Waals surface area (Å²) in [5, 5.41) is 13.3. The summed E-state index contributed by atoms with van der Waals surface area (Å²) in [7, 11) is 0.748. The topological polar surface area (TPSA) is 109 Å². The van der Waals surface area contributed by atoms with Crippen LogP contribution in [0.15, 0.2) is 103 Å². The van der Waals surface area contributed by atoms with Gasteiger partial charge in [0.1, 0.15) is 11.5 Å². The van der Waals surface area contributed by atoms with Crippen LogP contribution in [0.25, 0.3) is 10.8 Å². The number of benzene rings is 5. The number of aliphatic hydroxyl groups is 1. The van der Waals surface area contributed by atoms with Crippen LogP contribution in [0.1, 0.15) is 47.7 Å². The molecule has 0 unspecified atom stereocenters. The van der Waals surface area contributed by atoms with Gasteiger partial charge in [-0.2, -0.15) is 0 Å². The van der Waals surface area contributed by atoms with E-state index in [-0.39, 0.29) is 54.8 Å². The summed E-state index contributed by atoms with van der Waals surface area (Å²) in [4.78, 5) is 48.9. The maximum absolute atomic E-state index is 15.5. The van der Waals surface area contributed by atoms with Crippen molar-refractivity contribution >= 4 is 58.8 Å². The van der Waals surface area contributed by atoms with Crippen molar-refractivity contribution in [2.75, 3.05) is 37.2 Å². The molecule has 0 saturated carbocycles. The molecule has 11 heteroatoms. The maximum Gasteiger partial charge on any atom is 0.264 e. The molecule has 3 amide bonds. The summed E-state index contributed by atoms with van der Waals surface area (Å²) in [5.74, 6) is 0.723. The molecule has 1 spiro atoms. The minimum atomic E-state index is -2.52. The first-order valence-corrected chi connectivity index (χ1v) is 23.3. The van der Waals surface area contributed by atoms with Gasteiger partial charge >= 0.3 is 0 Å². The number of rotatable bonds is 10. The zero-order valence-corrected chi connectivity index (χ0v) is 34.6. The van der Waals surface area contributed by atoms with E-state index in [9.17, 15) is 14.7 Å². The van der Waals surface area contributed by atoms with Gasteiger partial charge in [-0.15, -0.1) is 0 Å². The maximum atomic E-state index is 15.5. The zero-order valence-electron chi connectivity index (χ0n) is 33.6. The molecule has 58 heavy (non-hydrogen) atoms. The lowest BCUT2D eigenvalue weighted by Crippen LogP contribution is -2.52. The summed E-state index contributed by atoms with van der Waals surface area (Å²) >= 11 is 0. The largest absolute Gasteiger partial charge is 0.497 e. The first-order chi connectivity index (χ1) is 28.0. The van der Waals surface area contributed by atoms with Crippen LogP contribution in [-0.4, -0.2) is 75.3 Å². The van der Waals surface area contributed by atoms with Crippen molar-refractivity contribution in [1.82, 2.24) is 4.90 Å². The normalized spacial score (nSPS) is 23.7. The fraction of sp³-hybridized carbons (Fsp3) is 0.340. The Hall–Kier alpha value is -5.49. The quantitative estimate of drug-likeness (QED) is 0.148. The summed E-state index contributed by atoms with van der Waals surface area (Å²) in [6, 6.07) is 33.3. The SMILES string of the molecule is COc1ccc([Si](C)(C)[C@@H]2[C@@H](CC(=O)N3CCC[C@H]3CO)O[C@]3(C(=O)N(Cc4cccc(N5C(=O)c6cccc7cccc5c67)c4)c4ccc(OC)cc43)[C@H]2C)cc1. The van der Waals surface area contributed by atoms with Gasteiger partial charge in [-0.3, -0.25) is 19.3 Å². The van der Waals surface area contributed by atoms with Gasteiger partial charge in [-0.05, 0) is 83.9 Å². The molecule has 1 N–H and O–H groups in total. The van der Waals surface area contributed by atoms with Crippen LogP contribution in [0, 0.1) is 5.92 Å². The highest BCUT2D eigenvalue weighted by atomic mass is 28.3. The smallest absolute Gasteiger partial charge is 0.264 e. The summed E-state index contributed by atoms with van der Waals surface area (Å²) in [6.45, 7) is 7.47. The molecule has 2 fully saturated rings. The highest BCUT2D eigenvalue weighted by Gasteiger charge is 2.66. The van der Waals surface area contributed by atoms with Crippen molar-refractivity contribution < 1.29 is 33.7 Å². The number of methoxy groups -OCH3 is 2. The zero-order chi connectivity index (χ0) is 40.5. The number of amides is 3. The van der Waals surface area contributed by atoms with Gasteiger partial charge in [0.05, 0.1) is 70.9 Å². The van der Waals surface area contributed by atoms with Crippen LogP contribution in [0.3, 0.4) is 0 Å². The van der Waals surface area contributed by atoms with Crippen LogP contribution in [-0.2, 0) is 26.5 Å². The molecule has 0 radical (unpaired) electrons. The molecular formula is C47H49N3O7Si. The first kappa shape index (κ1) is 38.0. The Morgan fingerprint density at radius 2 is 1.62 bits per heavy atom. The van der Waals surface area contributed by atoms with E-state index >= 15 is 4.79 Å². The molecule has 4 aliphatic rings. The second-order valence-electron chi connectivity index (χ2n) is 16.7. The first-order valence-electron chi connectivity index (χ1n) is 20.2. The number of fused-ring (bicyclic) bond motifs is 2. The van der Waals surface area contributed by atoms with Gasteiger partial charge in [0.2, 0.25) is 5.91 Å². The molecule has 4 heterocycles. The van der Waals surface area contributed by atoms with Crippen molar-refractivity contribution in [2.24, 2.45) is 5.92 Å². The van der Waals surface area contributed by atoms with Crippen molar-refractivity contribution in [3.8, 4) is 11.5 Å². The second-order valence-corrected chi connectivity index (χ2v) is 21.4. The van der Waals surface area contributed by atoms with Crippen molar-refractivity contribution in [3.63, 3.8) is 0 Å². The number of hydrogen-bond acceptors (Lipinski definition) is 7. The molecule has 5 aromatic carbocycles. The fourth-order valence-corrected chi connectivity index (χ4v) is 14.6. The van der Waals surface area contributed by atoms with E-state index in [1.807, 2.05) is 91.0 Å². The van der Waals surface area contributed by atoms with Gasteiger partial charge in [0.15, 0.2) is 5.60 Å². The molecule has 5 aromatic rings. The highest BCUT2D eigenvalue weighted by molar-refractivity contribution is 6.91. The average molecular weight is 796 g/mol. The summed E-state index contributed by atoms with van der Waals surface area (Å²) in [6.07, 6.45) is 1.14. The van der Waals surface area contributed by atoms with Crippen LogP contribution in [0.5, 0.6) is 11.5 Å². The van der Waals surface area contributed by atoms with E-state index in [1.54, 1.807) is 28.9 Å². The van der Waals surface area contributed by atoms with Crippen molar-refractivity contribution in [2.45, 2.75) is 69.1 Å². The van der Waals surface area contributed by atoms with Crippen LogP contribution in [0.2, 0.25) is 18.6 Å². The minimum Gasteiger partial charge on any atom is -0.497 e. The third-order valence-electron chi connectivity index (χ3n) is 13.4. The van der Waals surface area contributed by atoms with Crippen molar-refractivity contribution in [3.05, 3.63) is 120 Å². The predicted octanol–water partition coefficient (Wildman–Crippen LogP) is 7.29. The lowest BCUT2D eigenvalue weighted by atomic mass is 9.82. The number of nitrogens with zero attached hydrogens (tertiary/aromatic N) is 3. The minimum absolute atomic E-state index is 0.0605. The monoisotopic (exact) mass is 795 g/mol. The molecule has 4 aliphatic heterocycles. The predicted molar refractivity (Wildman–Crippen MR) is 227 cm³/mol. The Labute approximate surface area is 339 Å². The van der Waals surface area contributed by atoms with E-state index in [2.05, 4.69) is 32.2 Å². The number of hydrogen-bond donors (Lipinski definition) is 1. The van der Waals surface area contributed by atoms with E-state index in [0.717, 1.165) is 57.6 Å². The average Bonchev–Trinajstić information content (AvgIpc) is 3.97. The number of anilines is 3.